The standard InChI is InChI=1S/C20H17N5O2/c1-27-15-9-7-14(8-10-15)24-25-20-18(26)11-17(22)16(12-21)19(20)23-13-5-3-2-4-6-13/h2-11,23,26H,22H2,1H3. The van der Waals surface area contributed by atoms with Crippen LogP contribution >= 0.6 is 0 Å². The van der Waals surface area contributed by atoms with E-state index < -0.39 is 0 Å². The fourth-order valence-corrected chi connectivity index (χ4v) is 2.44. The predicted octanol–water partition coefficient (Wildman–Crippen LogP) is 5.01. The highest BCUT2D eigenvalue weighted by atomic mass is 16.5. The summed E-state index contributed by atoms with van der Waals surface area (Å²) in [5.74, 6) is 0.518. The molecule has 4 N–H and O–H groups in total. The van der Waals surface area contributed by atoms with Gasteiger partial charge in [-0.2, -0.15) is 10.4 Å². The molecule has 0 radical (unpaired) electrons. The number of hydrogen-bond donors (Lipinski definition) is 3. The van der Waals surface area contributed by atoms with Gasteiger partial charge in [0.05, 0.1) is 24.2 Å². The summed E-state index contributed by atoms with van der Waals surface area (Å²) in [7, 11) is 1.58. The Labute approximate surface area is 156 Å². The van der Waals surface area contributed by atoms with Gasteiger partial charge in [-0.3, -0.25) is 0 Å². The first kappa shape index (κ1) is 17.8. The Morgan fingerprint density at radius 3 is 2.41 bits per heavy atom. The van der Waals surface area contributed by atoms with Gasteiger partial charge < -0.3 is 20.9 Å². The molecule has 134 valence electrons. The van der Waals surface area contributed by atoms with E-state index in [0.717, 1.165) is 5.69 Å². The number of benzene rings is 3. The smallest absolute Gasteiger partial charge is 0.152 e. The Bertz CT molecular complexity index is 1010. The summed E-state index contributed by atoms with van der Waals surface area (Å²) in [5, 5.41) is 31.2. The van der Waals surface area contributed by atoms with Crippen molar-refractivity contribution in [1.29, 1.82) is 5.26 Å². The fraction of sp³-hybridized carbons (Fsp3) is 0.0500. The van der Waals surface area contributed by atoms with E-state index in [9.17, 15) is 10.4 Å². The molecule has 7 heteroatoms. The van der Waals surface area contributed by atoms with Crippen molar-refractivity contribution in [3.63, 3.8) is 0 Å². The first-order valence-corrected chi connectivity index (χ1v) is 8.05. The second kappa shape index (κ2) is 7.89. The van der Waals surface area contributed by atoms with E-state index in [2.05, 4.69) is 15.5 Å². The highest BCUT2D eigenvalue weighted by Crippen LogP contribution is 2.42. The predicted molar refractivity (Wildman–Crippen MR) is 104 cm³/mol. The van der Waals surface area contributed by atoms with Crippen LogP contribution in [0.3, 0.4) is 0 Å². The molecule has 3 aromatic carbocycles. The molecule has 3 rings (SSSR count). The molecule has 0 aromatic heterocycles. The number of phenols is 1. The van der Waals surface area contributed by atoms with E-state index in [1.165, 1.54) is 6.07 Å². The number of anilines is 3. The molecule has 0 amide bonds. The number of rotatable bonds is 5. The summed E-state index contributed by atoms with van der Waals surface area (Å²) in [5.41, 5.74) is 7.92. The summed E-state index contributed by atoms with van der Waals surface area (Å²) in [6.45, 7) is 0. The molecule has 0 saturated carbocycles. The molecule has 27 heavy (non-hydrogen) atoms. The van der Waals surface area contributed by atoms with Gasteiger partial charge in [0, 0.05) is 11.8 Å². The number of methoxy groups -OCH3 is 1. The lowest BCUT2D eigenvalue weighted by molar-refractivity contribution is 0.415. The molecule has 7 nitrogen and oxygen atoms in total. The number of nitriles is 1. The van der Waals surface area contributed by atoms with E-state index in [1.54, 1.807) is 31.4 Å². The molecule has 0 atom stereocenters. The first-order valence-electron chi connectivity index (χ1n) is 8.05. The van der Waals surface area contributed by atoms with Crippen molar-refractivity contribution in [3.05, 3.63) is 66.2 Å². The van der Waals surface area contributed by atoms with Gasteiger partial charge in [0.25, 0.3) is 0 Å². The van der Waals surface area contributed by atoms with Crippen molar-refractivity contribution in [2.45, 2.75) is 0 Å². The van der Waals surface area contributed by atoms with E-state index in [4.69, 9.17) is 10.5 Å². The third-order valence-corrected chi connectivity index (χ3v) is 3.80. The van der Waals surface area contributed by atoms with Crippen LogP contribution in [-0.4, -0.2) is 12.2 Å². The molecule has 0 unspecified atom stereocenters. The number of azo groups is 1. The summed E-state index contributed by atoms with van der Waals surface area (Å²) >= 11 is 0. The summed E-state index contributed by atoms with van der Waals surface area (Å²) < 4.78 is 5.11. The van der Waals surface area contributed by atoms with Crippen LogP contribution in [0.2, 0.25) is 0 Å². The van der Waals surface area contributed by atoms with Crippen molar-refractivity contribution < 1.29 is 9.84 Å². The Morgan fingerprint density at radius 1 is 1.07 bits per heavy atom. The number of phenolic OH excluding ortho intramolecular Hbond substituents is 1. The Morgan fingerprint density at radius 2 is 1.78 bits per heavy atom. The minimum absolute atomic E-state index is 0.125. The lowest BCUT2D eigenvalue weighted by Gasteiger charge is -2.13. The maximum Gasteiger partial charge on any atom is 0.152 e. The summed E-state index contributed by atoms with van der Waals surface area (Å²) in [4.78, 5) is 0. The van der Waals surface area contributed by atoms with Crippen molar-refractivity contribution in [1.82, 2.24) is 0 Å². The number of nitrogens with zero attached hydrogens (tertiary/aromatic N) is 3. The lowest BCUT2D eigenvalue weighted by atomic mass is 10.1. The Balaban J connectivity index is 2.05. The summed E-state index contributed by atoms with van der Waals surface area (Å²) in [6.07, 6.45) is 0. The number of hydrogen-bond acceptors (Lipinski definition) is 7. The summed E-state index contributed by atoms with van der Waals surface area (Å²) in [6, 6.07) is 19.5. The lowest BCUT2D eigenvalue weighted by Crippen LogP contribution is -1.99. The number of ether oxygens (including phenoxy) is 1. The van der Waals surface area contributed by atoms with Crippen molar-refractivity contribution >= 4 is 28.4 Å². The van der Waals surface area contributed by atoms with Crippen molar-refractivity contribution in [2.24, 2.45) is 10.2 Å². The van der Waals surface area contributed by atoms with Crippen LogP contribution in [0.4, 0.5) is 28.4 Å². The van der Waals surface area contributed by atoms with Crippen LogP contribution in [0, 0.1) is 11.3 Å². The zero-order valence-electron chi connectivity index (χ0n) is 14.5. The molecule has 0 bridgehead atoms. The first-order chi connectivity index (χ1) is 13.1. The molecule has 0 aliphatic carbocycles. The molecule has 0 aliphatic rings. The second-order valence-electron chi connectivity index (χ2n) is 5.58. The highest BCUT2D eigenvalue weighted by Gasteiger charge is 2.17. The Kier molecular flexibility index (Phi) is 5.19. The van der Waals surface area contributed by atoms with Crippen LogP contribution in [-0.2, 0) is 0 Å². The van der Waals surface area contributed by atoms with Gasteiger partial charge in [-0.1, -0.05) is 18.2 Å². The van der Waals surface area contributed by atoms with Gasteiger partial charge in [-0.25, -0.2) is 0 Å². The van der Waals surface area contributed by atoms with Gasteiger partial charge in [0.1, 0.15) is 23.1 Å². The van der Waals surface area contributed by atoms with Crippen LogP contribution in [0.5, 0.6) is 11.5 Å². The third kappa shape index (κ3) is 3.96. The number of aromatic hydroxyl groups is 1. The molecular formula is C20H17N5O2. The normalized spacial score (nSPS) is 10.5. The Hall–Kier alpha value is -4.05. The van der Waals surface area contributed by atoms with E-state index >= 15 is 0 Å². The van der Waals surface area contributed by atoms with Gasteiger partial charge in [0.2, 0.25) is 0 Å². The molecule has 3 aromatic rings. The van der Waals surface area contributed by atoms with E-state index in [-0.39, 0.29) is 22.7 Å². The largest absolute Gasteiger partial charge is 0.505 e. The maximum atomic E-state index is 10.3. The van der Waals surface area contributed by atoms with Crippen molar-refractivity contribution in [2.75, 3.05) is 18.2 Å². The quantitative estimate of drug-likeness (QED) is 0.437. The molecule has 0 saturated heterocycles. The van der Waals surface area contributed by atoms with E-state index in [1.807, 2.05) is 36.4 Å². The van der Waals surface area contributed by atoms with E-state index in [0.29, 0.717) is 17.1 Å². The molecule has 0 heterocycles. The average Bonchev–Trinajstić information content (AvgIpc) is 2.69. The highest BCUT2D eigenvalue weighted by molar-refractivity contribution is 5.87. The number of nitrogens with one attached hydrogen (secondary N) is 1. The monoisotopic (exact) mass is 359 g/mol. The van der Waals surface area contributed by atoms with Crippen LogP contribution in [0.15, 0.2) is 70.9 Å². The number of nitrogens with two attached hydrogens (primary N) is 1. The van der Waals surface area contributed by atoms with Gasteiger partial charge in [-0.05, 0) is 36.4 Å². The second-order valence-corrected chi connectivity index (χ2v) is 5.58. The number of nitrogen functional groups attached to an aromatic ring is 1. The van der Waals surface area contributed by atoms with Crippen LogP contribution in [0.1, 0.15) is 5.56 Å². The minimum atomic E-state index is -0.179. The topological polar surface area (TPSA) is 116 Å². The molecule has 0 aliphatic heterocycles. The third-order valence-electron chi connectivity index (χ3n) is 3.80. The zero-order valence-corrected chi connectivity index (χ0v) is 14.5. The minimum Gasteiger partial charge on any atom is -0.505 e. The van der Waals surface area contributed by atoms with Gasteiger partial charge in [-0.15, -0.1) is 5.11 Å². The van der Waals surface area contributed by atoms with Gasteiger partial charge in [0.15, 0.2) is 5.69 Å². The SMILES string of the molecule is COc1ccc(N=Nc2c(O)cc(N)c(C#N)c2Nc2ccccc2)cc1. The molecular weight excluding hydrogens is 342 g/mol. The number of para-hydroxylation sites is 1. The van der Waals surface area contributed by atoms with Crippen LogP contribution in [0.25, 0.3) is 0 Å². The van der Waals surface area contributed by atoms with Crippen LogP contribution < -0.4 is 15.8 Å². The molecule has 0 spiro atoms. The average molecular weight is 359 g/mol. The maximum absolute atomic E-state index is 10.3. The zero-order chi connectivity index (χ0) is 19.2. The fourth-order valence-electron chi connectivity index (χ4n) is 2.44. The van der Waals surface area contributed by atoms with Gasteiger partial charge >= 0.3 is 0 Å². The molecule has 0 fully saturated rings. The van der Waals surface area contributed by atoms with Crippen molar-refractivity contribution in [3.8, 4) is 17.6 Å².